The lowest BCUT2D eigenvalue weighted by Gasteiger charge is -1.94. The maximum atomic E-state index is 11.1. The van der Waals surface area contributed by atoms with Gasteiger partial charge in [0.25, 0.3) is 0 Å². The fraction of sp³-hybridized carbons (Fsp3) is 0.0909. The van der Waals surface area contributed by atoms with Crippen LogP contribution in [0.15, 0.2) is 34.9 Å². The number of rotatable bonds is 2. The van der Waals surface area contributed by atoms with Crippen LogP contribution in [0.5, 0.6) is 0 Å². The fourth-order valence-electron chi connectivity index (χ4n) is 1.26. The molecule has 0 unspecified atom stereocenters. The number of benzene rings is 1. The molecule has 82 valence electrons. The van der Waals surface area contributed by atoms with Crippen LogP contribution in [0.2, 0.25) is 5.02 Å². The van der Waals surface area contributed by atoms with E-state index in [1.165, 1.54) is 13.2 Å². The maximum Gasteiger partial charge on any atom is 0.376 e. The molecule has 0 aliphatic heterocycles. The molecule has 1 heterocycles. The van der Waals surface area contributed by atoms with E-state index < -0.39 is 5.97 Å². The molecule has 5 heteroatoms. The van der Waals surface area contributed by atoms with Gasteiger partial charge in [0.1, 0.15) is 5.69 Å². The number of aromatic nitrogens is 1. The average Bonchev–Trinajstić information content (AvgIpc) is 2.77. The van der Waals surface area contributed by atoms with Crippen molar-refractivity contribution in [2.45, 2.75) is 0 Å². The first-order valence-corrected chi connectivity index (χ1v) is 4.89. The molecule has 0 aliphatic rings. The van der Waals surface area contributed by atoms with E-state index in [4.69, 9.17) is 16.1 Å². The summed E-state index contributed by atoms with van der Waals surface area (Å²) in [7, 11) is 1.28. The van der Waals surface area contributed by atoms with Crippen LogP contribution in [-0.4, -0.2) is 18.2 Å². The average molecular weight is 238 g/mol. The molecule has 0 aliphatic carbocycles. The molecule has 0 radical (unpaired) electrons. The SMILES string of the molecule is COC(=O)c1cc(-c2cccc(Cl)c2)no1. The van der Waals surface area contributed by atoms with Crippen molar-refractivity contribution in [1.29, 1.82) is 0 Å². The Kier molecular flexibility index (Phi) is 2.92. The van der Waals surface area contributed by atoms with Gasteiger partial charge < -0.3 is 9.26 Å². The standard InChI is InChI=1S/C11H8ClNO3/c1-15-11(14)10-6-9(13-16-10)7-3-2-4-8(12)5-7/h2-6H,1H3. The minimum atomic E-state index is -0.555. The number of halogens is 1. The van der Waals surface area contributed by atoms with Crippen LogP contribution in [-0.2, 0) is 4.74 Å². The van der Waals surface area contributed by atoms with Gasteiger partial charge in [-0.25, -0.2) is 4.79 Å². The molecule has 0 amide bonds. The van der Waals surface area contributed by atoms with Crippen molar-refractivity contribution in [1.82, 2.24) is 5.16 Å². The Morgan fingerprint density at radius 1 is 1.44 bits per heavy atom. The molecule has 1 aromatic carbocycles. The zero-order valence-corrected chi connectivity index (χ0v) is 9.19. The van der Waals surface area contributed by atoms with E-state index in [-0.39, 0.29) is 5.76 Å². The number of methoxy groups -OCH3 is 1. The van der Waals surface area contributed by atoms with Crippen LogP contribution >= 0.6 is 11.6 Å². The topological polar surface area (TPSA) is 52.3 Å². The van der Waals surface area contributed by atoms with Gasteiger partial charge in [0.2, 0.25) is 5.76 Å². The van der Waals surface area contributed by atoms with Gasteiger partial charge in [0.05, 0.1) is 7.11 Å². The number of nitrogens with zero attached hydrogens (tertiary/aromatic N) is 1. The Balaban J connectivity index is 2.35. The number of hydrogen-bond donors (Lipinski definition) is 0. The highest BCUT2D eigenvalue weighted by Gasteiger charge is 2.13. The molecule has 4 nitrogen and oxygen atoms in total. The van der Waals surface area contributed by atoms with Gasteiger partial charge in [-0.15, -0.1) is 0 Å². The first-order valence-electron chi connectivity index (χ1n) is 4.51. The lowest BCUT2D eigenvalue weighted by atomic mass is 10.1. The second-order valence-electron chi connectivity index (χ2n) is 3.08. The van der Waals surface area contributed by atoms with Gasteiger partial charge in [-0.3, -0.25) is 0 Å². The van der Waals surface area contributed by atoms with Crippen LogP contribution in [0, 0.1) is 0 Å². The van der Waals surface area contributed by atoms with Gasteiger partial charge in [0, 0.05) is 16.7 Å². The molecule has 2 rings (SSSR count). The Labute approximate surface area is 96.8 Å². The van der Waals surface area contributed by atoms with Gasteiger partial charge in [-0.2, -0.15) is 0 Å². The molecular weight excluding hydrogens is 230 g/mol. The predicted octanol–water partition coefficient (Wildman–Crippen LogP) is 2.78. The largest absolute Gasteiger partial charge is 0.463 e. The smallest absolute Gasteiger partial charge is 0.376 e. The Morgan fingerprint density at radius 3 is 2.94 bits per heavy atom. The van der Waals surface area contributed by atoms with Gasteiger partial charge >= 0.3 is 5.97 Å². The Morgan fingerprint density at radius 2 is 2.25 bits per heavy atom. The number of carbonyl (C=O) groups excluding carboxylic acids is 1. The molecule has 0 fully saturated rings. The number of hydrogen-bond acceptors (Lipinski definition) is 4. The van der Waals surface area contributed by atoms with Gasteiger partial charge in [-0.1, -0.05) is 28.9 Å². The fourth-order valence-corrected chi connectivity index (χ4v) is 1.45. The monoisotopic (exact) mass is 237 g/mol. The molecule has 0 saturated carbocycles. The van der Waals surface area contributed by atoms with Crippen LogP contribution in [0.25, 0.3) is 11.3 Å². The summed E-state index contributed by atoms with van der Waals surface area (Å²) in [5.74, 6) is -0.488. The van der Waals surface area contributed by atoms with Crippen molar-refractivity contribution in [3.05, 3.63) is 41.1 Å². The lowest BCUT2D eigenvalue weighted by Crippen LogP contribution is -1.98. The first kappa shape index (κ1) is 10.7. The molecule has 0 saturated heterocycles. The first-order chi connectivity index (χ1) is 7.70. The highest BCUT2D eigenvalue weighted by atomic mass is 35.5. The van der Waals surface area contributed by atoms with E-state index in [9.17, 15) is 4.79 Å². The highest BCUT2D eigenvalue weighted by Crippen LogP contribution is 2.22. The molecule has 1 aromatic heterocycles. The summed E-state index contributed by atoms with van der Waals surface area (Å²) in [6, 6.07) is 8.62. The molecule has 0 N–H and O–H groups in total. The highest BCUT2D eigenvalue weighted by molar-refractivity contribution is 6.30. The van der Waals surface area contributed by atoms with Crippen LogP contribution in [0.3, 0.4) is 0 Å². The molecular formula is C11H8ClNO3. The van der Waals surface area contributed by atoms with E-state index in [1.54, 1.807) is 18.2 Å². The van der Waals surface area contributed by atoms with Gasteiger partial charge in [0.15, 0.2) is 0 Å². The van der Waals surface area contributed by atoms with E-state index in [0.29, 0.717) is 10.7 Å². The quantitative estimate of drug-likeness (QED) is 0.754. The maximum absolute atomic E-state index is 11.1. The number of esters is 1. The summed E-state index contributed by atoms with van der Waals surface area (Å²) in [6.07, 6.45) is 0. The van der Waals surface area contributed by atoms with Crippen molar-refractivity contribution < 1.29 is 14.1 Å². The third-order valence-corrected chi connectivity index (χ3v) is 2.25. The van der Waals surface area contributed by atoms with E-state index in [0.717, 1.165) is 5.56 Å². The predicted molar refractivity (Wildman–Crippen MR) is 58.3 cm³/mol. The zero-order valence-electron chi connectivity index (χ0n) is 8.44. The van der Waals surface area contributed by atoms with E-state index >= 15 is 0 Å². The van der Waals surface area contributed by atoms with E-state index in [2.05, 4.69) is 9.89 Å². The molecule has 0 spiro atoms. The summed E-state index contributed by atoms with van der Waals surface area (Å²) in [5.41, 5.74) is 1.33. The minimum absolute atomic E-state index is 0.0671. The minimum Gasteiger partial charge on any atom is -0.463 e. The Bertz CT molecular complexity index is 521. The van der Waals surface area contributed by atoms with Crippen molar-refractivity contribution in [2.75, 3.05) is 7.11 Å². The number of carbonyl (C=O) groups is 1. The van der Waals surface area contributed by atoms with Crippen LogP contribution < -0.4 is 0 Å². The van der Waals surface area contributed by atoms with E-state index in [1.807, 2.05) is 6.07 Å². The van der Waals surface area contributed by atoms with Gasteiger partial charge in [-0.05, 0) is 12.1 Å². The van der Waals surface area contributed by atoms with Crippen LogP contribution in [0.1, 0.15) is 10.6 Å². The Hall–Kier alpha value is -1.81. The third kappa shape index (κ3) is 2.06. The number of ether oxygens (including phenoxy) is 1. The second kappa shape index (κ2) is 4.37. The van der Waals surface area contributed by atoms with Crippen LogP contribution in [0.4, 0.5) is 0 Å². The molecule has 0 atom stereocenters. The normalized spacial score (nSPS) is 10.1. The summed E-state index contributed by atoms with van der Waals surface area (Å²) in [5, 5.41) is 4.36. The second-order valence-corrected chi connectivity index (χ2v) is 3.51. The summed E-state index contributed by atoms with van der Waals surface area (Å²) in [4.78, 5) is 11.1. The van der Waals surface area contributed by atoms with Crippen molar-refractivity contribution >= 4 is 17.6 Å². The zero-order chi connectivity index (χ0) is 11.5. The lowest BCUT2D eigenvalue weighted by molar-refractivity contribution is 0.0554. The molecule has 0 bridgehead atoms. The molecule has 16 heavy (non-hydrogen) atoms. The third-order valence-electron chi connectivity index (χ3n) is 2.02. The van der Waals surface area contributed by atoms with Crippen molar-refractivity contribution in [3.63, 3.8) is 0 Å². The molecule has 2 aromatic rings. The summed E-state index contributed by atoms with van der Waals surface area (Å²) in [6.45, 7) is 0. The summed E-state index contributed by atoms with van der Waals surface area (Å²) >= 11 is 5.84. The summed E-state index contributed by atoms with van der Waals surface area (Å²) < 4.78 is 9.35. The van der Waals surface area contributed by atoms with Crippen molar-refractivity contribution in [3.8, 4) is 11.3 Å². The van der Waals surface area contributed by atoms with Crippen molar-refractivity contribution in [2.24, 2.45) is 0 Å².